The van der Waals surface area contributed by atoms with Gasteiger partial charge in [-0.1, -0.05) is 60.4 Å². The fraction of sp³-hybridized carbons (Fsp3) is 0. The monoisotopic (exact) mass is 286 g/mol. The zero-order valence-corrected chi connectivity index (χ0v) is 15.6. The molecule has 0 radical (unpaired) electrons. The van der Waals surface area contributed by atoms with Crippen molar-refractivity contribution in [1.29, 1.82) is 0 Å². The summed E-state index contributed by atoms with van der Waals surface area (Å²) in [5.74, 6) is 6.67. The van der Waals surface area contributed by atoms with Gasteiger partial charge in [-0.3, -0.25) is 0 Å². The van der Waals surface area contributed by atoms with Gasteiger partial charge >= 0.3 is 0 Å². The van der Waals surface area contributed by atoms with E-state index in [1.807, 2.05) is 0 Å². The molecule has 0 saturated heterocycles. The van der Waals surface area contributed by atoms with Crippen LogP contribution in [0.5, 0.6) is 0 Å². The van der Waals surface area contributed by atoms with E-state index in [9.17, 15) is 0 Å². The molecule has 0 aliphatic heterocycles. The van der Waals surface area contributed by atoms with Gasteiger partial charge in [0.15, 0.2) is 0 Å². The maximum Gasteiger partial charge on any atom is 0.0911 e. The van der Waals surface area contributed by atoms with Crippen molar-refractivity contribution in [2.45, 2.75) is 0 Å². The van der Waals surface area contributed by atoms with Crippen molar-refractivity contribution in [3.05, 3.63) is 59.7 Å². The molecule has 0 bridgehead atoms. The first-order chi connectivity index (χ1) is 9.86. The maximum absolute atomic E-state index is 3.34. The summed E-state index contributed by atoms with van der Waals surface area (Å²) in [5.41, 5.74) is 8.65. The summed E-state index contributed by atoms with van der Waals surface area (Å²) < 4.78 is 0. The Kier molecular flexibility index (Phi) is 3.43. The second-order valence-electron chi connectivity index (χ2n) is 4.59. The molecule has 3 rings (SSSR count). The van der Waals surface area contributed by atoms with Crippen LogP contribution in [-0.2, 0) is 0 Å². The Balaban J connectivity index is 2.66. The van der Waals surface area contributed by atoms with Gasteiger partial charge < -0.3 is 0 Å². The van der Waals surface area contributed by atoms with Gasteiger partial charge in [-0.05, 0) is 21.5 Å². The zero-order valence-electron chi connectivity index (χ0n) is 11.6. The molecule has 0 nitrogen and oxygen atoms in total. The molecule has 0 heterocycles. The van der Waals surface area contributed by atoms with Crippen LogP contribution in [0.2, 0.25) is 0 Å². The lowest BCUT2D eigenvalue weighted by atomic mass is 9.92. The predicted molar refractivity (Wildman–Crippen MR) is 95.1 cm³/mol. The molecule has 20 heavy (non-hydrogen) atoms. The van der Waals surface area contributed by atoms with E-state index in [4.69, 9.17) is 0 Å². The molecule has 0 fully saturated rings. The Labute approximate surface area is 125 Å². The van der Waals surface area contributed by atoms with Crippen molar-refractivity contribution in [3.63, 3.8) is 0 Å². The third kappa shape index (κ3) is 1.96. The summed E-state index contributed by atoms with van der Waals surface area (Å²) >= 11 is 0. The van der Waals surface area contributed by atoms with Gasteiger partial charge in [0.2, 0.25) is 0 Å². The normalized spacial score (nSPS) is 10.0. The Morgan fingerprint density at radius 3 is 1.10 bits per heavy atom. The first-order valence-electron chi connectivity index (χ1n) is 6.65. The smallest absolute Gasteiger partial charge is 0.0911 e. The van der Waals surface area contributed by atoms with Crippen LogP contribution >= 0.6 is 0 Å². The van der Waals surface area contributed by atoms with Crippen molar-refractivity contribution >= 4 is 42.0 Å². The number of benzene rings is 3. The van der Waals surface area contributed by atoms with E-state index >= 15 is 0 Å². The highest BCUT2D eigenvalue weighted by Crippen LogP contribution is 2.31. The number of hydrogen-bond acceptors (Lipinski definition) is 0. The molecule has 0 aromatic heterocycles. The fourth-order valence-corrected chi connectivity index (χ4v) is 3.15. The highest BCUT2D eigenvalue weighted by atomic mass is 28.1. The predicted octanol–water partition coefficient (Wildman–Crippen LogP) is 1.34. The summed E-state index contributed by atoms with van der Waals surface area (Å²) in [6.07, 6.45) is 0. The summed E-state index contributed by atoms with van der Waals surface area (Å²) in [6, 6.07) is 16.9. The highest BCUT2D eigenvalue weighted by molar-refractivity contribution is 6.24. The first kappa shape index (κ1) is 12.8. The molecule has 0 saturated carbocycles. The van der Waals surface area contributed by atoms with E-state index in [0.29, 0.717) is 0 Å². The van der Waals surface area contributed by atoms with E-state index in [0.717, 1.165) is 31.6 Å². The number of hydrogen-bond donors (Lipinski definition) is 0. The molecule has 0 N–H and O–H groups in total. The molecule has 0 unspecified atom stereocenters. The molecule has 0 spiro atoms. The average Bonchev–Trinajstić information content (AvgIpc) is 2.50. The van der Waals surface area contributed by atoms with E-state index in [-0.39, 0.29) is 0 Å². The minimum atomic E-state index is 0.892. The lowest BCUT2D eigenvalue weighted by molar-refractivity contribution is 1.71. The van der Waals surface area contributed by atoms with Gasteiger partial charge in [-0.2, -0.15) is 0 Å². The standard InChI is InChI=1S/C18H14Si2/c19-11-9-17-13-5-1-2-6-14(13)18(10-12-20)16-8-4-3-7-15(16)17/h1-8H,19-20H3. The van der Waals surface area contributed by atoms with Gasteiger partial charge in [0.25, 0.3) is 0 Å². The molecule has 0 amide bonds. The lowest BCUT2D eigenvalue weighted by Gasteiger charge is -2.10. The topological polar surface area (TPSA) is 0 Å². The Hall–Kier alpha value is -2.27. The molecule has 0 atom stereocenters. The Bertz CT molecular complexity index is 797. The van der Waals surface area contributed by atoms with E-state index < -0.39 is 0 Å². The molecule has 3 aromatic rings. The molecule has 2 heteroatoms. The maximum atomic E-state index is 3.34. The van der Waals surface area contributed by atoms with Gasteiger partial charge in [-0.25, -0.2) is 0 Å². The van der Waals surface area contributed by atoms with Crippen LogP contribution in [0.15, 0.2) is 48.5 Å². The lowest BCUT2D eigenvalue weighted by Crippen LogP contribution is -1.90. The average molecular weight is 286 g/mol. The van der Waals surface area contributed by atoms with Gasteiger partial charge in [-0.15, -0.1) is 11.1 Å². The van der Waals surface area contributed by atoms with Gasteiger partial charge in [0, 0.05) is 11.1 Å². The fourth-order valence-electron chi connectivity index (χ4n) is 2.65. The molecule has 0 aliphatic carbocycles. The number of rotatable bonds is 0. The summed E-state index contributed by atoms with van der Waals surface area (Å²) in [6.45, 7) is 0. The molecule has 0 aliphatic rings. The second-order valence-corrected chi connectivity index (χ2v) is 5.59. The summed E-state index contributed by atoms with van der Waals surface area (Å²) in [4.78, 5) is 0. The van der Waals surface area contributed by atoms with Crippen molar-refractivity contribution in [2.75, 3.05) is 0 Å². The highest BCUT2D eigenvalue weighted by Gasteiger charge is 2.10. The van der Waals surface area contributed by atoms with Crippen LogP contribution in [0.4, 0.5) is 0 Å². The van der Waals surface area contributed by atoms with E-state index in [1.54, 1.807) is 0 Å². The first-order valence-corrected chi connectivity index (χ1v) is 8.65. The zero-order chi connectivity index (χ0) is 13.9. The van der Waals surface area contributed by atoms with Crippen molar-refractivity contribution in [1.82, 2.24) is 0 Å². The van der Waals surface area contributed by atoms with Crippen LogP contribution in [0, 0.1) is 22.9 Å². The van der Waals surface area contributed by atoms with Crippen LogP contribution < -0.4 is 0 Å². The van der Waals surface area contributed by atoms with E-state index in [2.05, 4.69) is 71.5 Å². The van der Waals surface area contributed by atoms with Crippen LogP contribution in [-0.4, -0.2) is 20.5 Å². The quantitative estimate of drug-likeness (QED) is 0.332. The van der Waals surface area contributed by atoms with E-state index in [1.165, 1.54) is 21.5 Å². The SMILES string of the molecule is [SiH3]C#Cc1c2ccccc2c(C#C[SiH3])c2ccccc12. The minimum Gasteiger partial charge on any atom is -0.138 e. The van der Waals surface area contributed by atoms with Crippen LogP contribution in [0.1, 0.15) is 11.1 Å². The molecular formula is C18H14Si2. The summed E-state index contributed by atoms with van der Waals surface area (Å²) in [7, 11) is 1.78. The third-order valence-electron chi connectivity index (χ3n) is 3.43. The van der Waals surface area contributed by atoms with Crippen LogP contribution in [0.25, 0.3) is 21.5 Å². The third-order valence-corrected chi connectivity index (χ3v) is 3.93. The second kappa shape index (κ2) is 5.39. The Morgan fingerprint density at radius 1 is 0.550 bits per heavy atom. The largest absolute Gasteiger partial charge is 0.138 e. The molecule has 94 valence electrons. The van der Waals surface area contributed by atoms with Crippen LogP contribution in [0.3, 0.4) is 0 Å². The minimum absolute atomic E-state index is 0.892. The van der Waals surface area contributed by atoms with Crippen molar-refractivity contribution in [2.24, 2.45) is 0 Å². The molecule has 3 aromatic carbocycles. The van der Waals surface area contributed by atoms with Gasteiger partial charge in [0.1, 0.15) is 0 Å². The van der Waals surface area contributed by atoms with Gasteiger partial charge in [0.05, 0.1) is 20.5 Å². The molecular weight excluding hydrogens is 272 g/mol. The number of fused-ring (bicyclic) bond motifs is 2. The van der Waals surface area contributed by atoms with Crippen molar-refractivity contribution < 1.29 is 0 Å². The Morgan fingerprint density at radius 2 is 0.850 bits per heavy atom. The summed E-state index contributed by atoms with van der Waals surface area (Å²) in [5, 5.41) is 4.87. The van der Waals surface area contributed by atoms with Crippen molar-refractivity contribution in [3.8, 4) is 22.9 Å².